The highest BCUT2D eigenvalue weighted by Gasteiger charge is 2.77. The van der Waals surface area contributed by atoms with Gasteiger partial charge in [0.25, 0.3) is 0 Å². The number of carbonyl (C=O) groups excluding carboxylic acids is 2. The van der Waals surface area contributed by atoms with Crippen molar-refractivity contribution in [2.45, 2.75) is 144 Å². The lowest BCUT2D eigenvalue weighted by Gasteiger charge is -2.77. The summed E-state index contributed by atoms with van der Waals surface area (Å²) in [7, 11) is 0. The van der Waals surface area contributed by atoms with Crippen LogP contribution in [0.25, 0.3) is 0 Å². The number of allylic oxidation sites excluding steroid dienone is 1. The highest BCUT2D eigenvalue weighted by molar-refractivity contribution is 5.66. The van der Waals surface area contributed by atoms with E-state index < -0.39 is 5.54 Å². The van der Waals surface area contributed by atoms with Crippen molar-refractivity contribution in [1.82, 2.24) is 0 Å². The van der Waals surface area contributed by atoms with Crippen LogP contribution in [0.2, 0.25) is 0 Å². The van der Waals surface area contributed by atoms with E-state index in [4.69, 9.17) is 20.9 Å². The Bertz CT molecular complexity index is 1130. The van der Waals surface area contributed by atoms with Crippen molar-refractivity contribution in [2.75, 3.05) is 6.61 Å². The zero-order valence-electron chi connectivity index (χ0n) is 27.5. The van der Waals surface area contributed by atoms with Crippen LogP contribution in [0.1, 0.15) is 127 Å². The largest absolute Gasteiger partial charge is 0.465 e. The first kappa shape index (κ1) is 31.0. The second-order valence-corrected chi connectivity index (χ2v) is 16.3. The molecular weight excluding hydrogens is 512 g/mol. The predicted molar refractivity (Wildman–Crippen MR) is 163 cm³/mol. The van der Waals surface area contributed by atoms with Gasteiger partial charge in [0.2, 0.25) is 0 Å². The predicted octanol–water partition coefficient (Wildman–Crippen LogP) is 6.69. The lowest BCUT2D eigenvalue weighted by atomic mass is 9.29. The monoisotopic (exact) mass is 570 g/mol. The summed E-state index contributed by atoms with van der Waals surface area (Å²) in [5, 5.41) is 0. The molecule has 5 aliphatic carbocycles. The van der Waals surface area contributed by atoms with Crippen molar-refractivity contribution in [1.29, 1.82) is 0 Å². The Balaban J connectivity index is 1.60. The minimum Gasteiger partial charge on any atom is -0.465 e. The van der Waals surface area contributed by atoms with Gasteiger partial charge in [-0.3, -0.25) is 9.59 Å². The van der Waals surface area contributed by atoms with Crippen molar-refractivity contribution < 1.29 is 19.1 Å². The Morgan fingerprint density at radius 3 is 2.12 bits per heavy atom. The number of nitrogens with two attached hydrogens (primary N) is 2. The molecule has 4 N–H and O–H groups in total. The number of rotatable bonds is 5. The Morgan fingerprint density at radius 2 is 1.54 bits per heavy atom. The molecule has 0 amide bonds. The third-order valence-corrected chi connectivity index (χ3v) is 14.3. The van der Waals surface area contributed by atoms with Crippen LogP contribution in [-0.2, 0) is 19.1 Å². The van der Waals surface area contributed by atoms with Gasteiger partial charge < -0.3 is 20.9 Å². The summed E-state index contributed by atoms with van der Waals surface area (Å²) in [6, 6.07) is 0. The molecule has 0 radical (unpaired) electrons. The molecular formula is C35H58N2O4. The molecule has 0 aromatic heterocycles. The van der Waals surface area contributed by atoms with Crippen LogP contribution < -0.4 is 11.5 Å². The van der Waals surface area contributed by atoms with E-state index in [0.717, 1.165) is 64.2 Å². The molecule has 0 saturated heterocycles. The molecule has 0 bridgehead atoms. The minimum atomic E-state index is -0.477. The summed E-state index contributed by atoms with van der Waals surface area (Å²) in [5.41, 5.74) is 17.4. The van der Waals surface area contributed by atoms with Gasteiger partial charge in [-0.05, 0) is 104 Å². The molecule has 4 saturated carbocycles. The number of hydrogen-bond donors (Lipinski definition) is 2. The summed E-state index contributed by atoms with van der Waals surface area (Å²) in [5.74, 6) is 1.18. The van der Waals surface area contributed by atoms with Gasteiger partial charge in [0, 0.05) is 36.3 Å². The van der Waals surface area contributed by atoms with Crippen LogP contribution in [0.15, 0.2) is 11.1 Å². The normalized spacial score (nSPS) is 47.4. The van der Waals surface area contributed by atoms with E-state index >= 15 is 0 Å². The van der Waals surface area contributed by atoms with Gasteiger partial charge >= 0.3 is 11.9 Å². The zero-order valence-corrected chi connectivity index (χ0v) is 27.5. The topological polar surface area (TPSA) is 105 Å². The highest BCUT2D eigenvalue weighted by atomic mass is 16.5. The maximum absolute atomic E-state index is 12.1. The van der Waals surface area contributed by atoms with E-state index in [0.29, 0.717) is 30.3 Å². The Hall–Kier alpha value is -1.40. The Labute approximate surface area is 249 Å². The van der Waals surface area contributed by atoms with Gasteiger partial charge in [-0.1, -0.05) is 54.0 Å². The quantitative estimate of drug-likeness (QED) is 0.282. The smallest absolute Gasteiger partial charge is 0.302 e. The van der Waals surface area contributed by atoms with Crippen molar-refractivity contribution in [3.63, 3.8) is 0 Å². The number of ether oxygens (including phenoxy) is 2. The summed E-state index contributed by atoms with van der Waals surface area (Å²) in [6.07, 6.45) is 9.78. The standard InChI is InChI=1S/C35H58N2O4/c1-21(2)25-10-15-33(20-40-23(5)38)17-16-31(8)32(9)14-11-26-28(22(3)4)27(41-24(6)39)12-13-30(26,7)35(32,37)19-18-34(31,36)29(25)33/h21-22,26-28H,10-20,36-37H2,1-9H3/t26-,27-,28?,30-,31-,32-,33+,34-,35-/m0/s1. The molecule has 41 heavy (non-hydrogen) atoms. The van der Waals surface area contributed by atoms with Crippen LogP contribution in [0.5, 0.6) is 0 Å². The van der Waals surface area contributed by atoms with Gasteiger partial charge in [-0.2, -0.15) is 0 Å². The maximum atomic E-state index is 12.1. The molecule has 1 unspecified atom stereocenters. The first-order valence-electron chi connectivity index (χ1n) is 16.6. The van der Waals surface area contributed by atoms with Crippen LogP contribution in [0, 0.1) is 45.3 Å². The molecule has 232 valence electrons. The second-order valence-electron chi connectivity index (χ2n) is 16.3. The van der Waals surface area contributed by atoms with Crippen LogP contribution in [-0.4, -0.2) is 35.7 Å². The first-order valence-corrected chi connectivity index (χ1v) is 16.6. The van der Waals surface area contributed by atoms with Gasteiger partial charge in [0.1, 0.15) is 12.7 Å². The summed E-state index contributed by atoms with van der Waals surface area (Å²) in [6.45, 7) is 20.1. The van der Waals surface area contributed by atoms with Crippen molar-refractivity contribution in [3.8, 4) is 0 Å². The molecule has 0 aromatic carbocycles. The summed E-state index contributed by atoms with van der Waals surface area (Å²) >= 11 is 0. The summed E-state index contributed by atoms with van der Waals surface area (Å²) in [4.78, 5) is 24.1. The van der Waals surface area contributed by atoms with E-state index in [9.17, 15) is 9.59 Å². The number of carbonyl (C=O) groups is 2. The van der Waals surface area contributed by atoms with Crippen molar-refractivity contribution in [3.05, 3.63) is 11.1 Å². The number of fused-ring (bicyclic) bond motifs is 7. The summed E-state index contributed by atoms with van der Waals surface area (Å²) < 4.78 is 11.8. The number of esters is 2. The Kier molecular flexibility index (Phi) is 7.42. The minimum absolute atomic E-state index is 0.0277. The lowest BCUT2D eigenvalue weighted by molar-refractivity contribution is -0.237. The molecule has 5 aliphatic rings. The van der Waals surface area contributed by atoms with E-state index in [1.807, 2.05) is 0 Å². The third kappa shape index (κ3) is 3.94. The fourth-order valence-electron chi connectivity index (χ4n) is 12.0. The van der Waals surface area contributed by atoms with Crippen molar-refractivity contribution in [2.24, 2.45) is 56.8 Å². The molecule has 9 atom stereocenters. The third-order valence-electron chi connectivity index (χ3n) is 14.3. The fraction of sp³-hybridized carbons (Fsp3) is 0.886. The van der Waals surface area contributed by atoms with E-state index in [1.165, 1.54) is 18.1 Å². The molecule has 6 nitrogen and oxygen atoms in total. The fourth-order valence-corrected chi connectivity index (χ4v) is 12.0. The highest BCUT2D eigenvalue weighted by Crippen LogP contribution is 2.77. The Morgan fingerprint density at radius 1 is 0.854 bits per heavy atom. The molecule has 6 heteroatoms. The maximum Gasteiger partial charge on any atom is 0.302 e. The van der Waals surface area contributed by atoms with Crippen LogP contribution in [0.3, 0.4) is 0 Å². The van der Waals surface area contributed by atoms with Crippen LogP contribution in [0.4, 0.5) is 0 Å². The van der Waals surface area contributed by atoms with Gasteiger partial charge in [0.15, 0.2) is 0 Å². The SMILES string of the molecule is CC(=O)OC[C@]12CCC(C(C)C)=C1[C@@]1(N)CC[C@@]3(N)[C@@](C)(CC[C@H]4C(C(C)C)[C@@H](OC(C)=O)CC[C@@]43C)[C@]1(C)CC2. The first-order chi connectivity index (χ1) is 18.9. The van der Waals surface area contributed by atoms with Crippen LogP contribution >= 0.6 is 0 Å². The average molecular weight is 571 g/mol. The number of hydrogen-bond acceptors (Lipinski definition) is 6. The second kappa shape index (κ2) is 9.81. The van der Waals surface area contributed by atoms with E-state index in [1.54, 1.807) is 6.92 Å². The molecule has 0 aromatic rings. The van der Waals surface area contributed by atoms with E-state index in [2.05, 4.69) is 48.5 Å². The molecule has 0 heterocycles. The molecule has 0 spiro atoms. The molecule has 4 fully saturated rings. The average Bonchev–Trinajstić information content (AvgIpc) is 3.28. The lowest BCUT2D eigenvalue weighted by Crippen LogP contribution is -2.82. The van der Waals surface area contributed by atoms with Gasteiger partial charge in [-0.15, -0.1) is 0 Å². The van der Waals surface area contributed by atoms with Gasteiger partial charge in [-0.25, -0.2) is 0 Å². The van der Waals surface area contributed by atoms with Crippen molar-refractivity contribution >= 4 is 11.9 Å². The van der Waals surface area contributed by atoms with Gasteiger partial charge in [0.05, 0.1) is 0 Å². The molecule has 5 rings (SSSR count). The zero-order chi connectivity index (χ0) is 30.4. The molecule has 0 aliphatic heterocycles. The van der Waals surface area contributed by atoms with E-state index in [-0.39, 0.29) is 45.2 Å².